The Morgan fingerprint density at radius 3 is 2.46 bits per heavy atom. The lowest BCUT2D eigenvalue weighted by atomic mass is 9.83. The third-order valence-corrected chi connectivity index (χ3v) is 6.85. The van der Waals surface area contributed by atoms with Crippen molar-refractivity contribution < 1.29 is 37.4 Å². The number of aromatic nitrogens is 1. The van der Waals surface area contributed by atoms with E-state index in [1.807, 2.05) is 12.1 Å². The molecule has 1 aliphatic rings. The van der Waals surface area contributed by atoms with Gasteiger partial charge in [-0.1, -0.05) is 6.07 Å². The molecule has 0 bridgehead atoms. The molecule has 3 aromatic rings. The van der Waals surface area contributed by atoms with E-state index in [1.54, 1.807) is 32.9 Å². The topological polar surface area (TPSA) is 109 Å². The van der Waals surface area contributed by atoms with E-state index in [0.717, 1.165) is 28.2 Å². The highest BCUT2D eigenvalue weighted by atomic mass is 19.4. The summed E-state index contributed by atoms with van der Waals surface area (Å²) in [5.41, 5.74) is 0.379. The Bertz CT molecular complexity index is 1470. The minimum atomic E-state index is -4.69. The number of hydrogen-bond acceptors (Lipinski definition) is 5. The number of pyridine rings is 1. The molecule has 2 amide bonds. The van der Waals surface area contributed by atoms with Gasteiger partial charge in [0, 0.05) is 36.0 Å². The van der Waals surface area contributed by atoms with E-state index in [2.05, 4.69) is 10.3 Å². The van der Waals surface area contributed by atoms with Gasteiger partial charge in [0.1, 0.15) is 17.2 Å². The first-order valence-corrected chi connectivity index (χ1v) is 13.0. The molecule has 1 aromatic heterocycles. The molecule has 0 saturated heterocycles. The van der Waals surface area contributed by atoms with E-state index in [9.17, 15) is 32.7 Å². The van der Waals surface area contributed by atoms with Crippen LogP contribution in [0.5, 0.6) is 11.5 Å². The van der Waals surface area contributed by atoms with Crippen LogP contribution in [0.1, 0.15) is 59.9 Å². The van der Waals surface area contributed by atoms with Crippen LogP contribution in [-0.4, -0.2) is 38.8 Å². The van der Waals surface area contributed by atoms with Crippen LogP contribution in [0.3, 0.4) is 0 Å². The Labute approximate surface area is 235 Å². The van der Waals surface area contributed by atoms with Gasteiger partial charge in [-0.05, 0) is 93.1 Å². The van der Waals surface area contributed by atoms with Crippen molar-refractivity contribution in [3.63, 3.8) is 0 Å². The molecule has 8 nitrogen and oxygen atoms in total. The Kier molecular flexibility index (Phi) is 8.37. The van der Waals surface area contributed by atoms with Crippen LogP contribution in [0.2, 0.25) is 0 Å². The number of ether oxygens (including phenoxy) is 1. The molecule has 0 radical (unpaired) electrons. The van der Waals surface area contributed by atoms with E-state index in [1.165, 1.54) is 18.3 Å². The van der Waals surface area contributed by atoms with Gasteiger partial charge < -0.3 is 15.2 Å². The number of fused-ring (bicyclic) bond motifs is 1. The predicted molar refractivity (Wildman–Crippen MR) is 145 cm³/mol. The first-order chi connectivity index (χ1) is 19.2. The third-order valence-electron chi connectivity index (χ3n) is 6.85. The summed E-state index contributed by atoms with van der Waals surface area (Å²) >= 11 is 0. The fraction of sp³-hybridized carbons (Fsp3) is 0.333. The lowest BCUT2D eigenvalue weighted by Crippen LogP contribution is -2.44. The Morgan fingerprint density at radius 2 is 1.80 bits per heavy atom. The second-order valence-corrected chi connectivity index (χ2v) is 11.0. The van der Waals surface area contributed by atoms with Crippen molar-refractivity contribution in [2.24, 2.45) is 5.92 Å². The fourth-order valence-electron chi connectivity index (χ4n) is 4.75. The van der Waals surface area contributed by atoms with Gasteiger partial charge in [-0.25, -0.2) is 4.79 Å². The monoisotopic (exact) mass is 569 g/mol. The Hall–Kier alpha value is -4.41. The zero-order valence-electron chi connectivity index (χ0n) is 22.8. The normalized spacial score (nSPS) is 15.0. The van der Waals surface area contributed by atoms with E-state index in [-0.39, 0.29) is 23.5 Å². The molecule has 1 unspecified atom stereocenters. The van der Waals surface area contributed by atoms with Crippen molar-refractivity contribution in [2.75, 3.05) is 5.32 Å². The Morgan fingerprint density at radius 1 is 1.07 bits per heavy atom. The number of nitrogens with one attached hydrogen (secondary N) is 1. The summed E-state index contributed by atoms with van der Waals surface area (Å²) < 4.78 is 46.9. The highest BCUT2D eigenvalue weighted by Gasteiger charge is 2.33. The van der Waals surface area contributed by atoms with Gasteiger partial charge in [0.15, 0.2) is 6.29 Å². The number of nitrogens with zero attached hydrogens (tertiary/aromatic N) is 2. The fourth-order valence-corrected chi connectivity index (χ4v) is 4.75. The predicted octanol–water partition coefficient (Wildman–Crippen LogP) is 6.73. The number of aldehydes is 1. The number of anilines is 1. The zero-order chi connectivity index (χ0) is 29.9. The molecule has 11 heteroatoms. The standard InChI is InChI=1S/C30H30F3N3O5/c1-29(2,3)36(28(39)40)16-18-10-22(30(31,32)33)14-23(11-18)35-27(38)20-5-4-19-6-7-25(13-21(19)12-20)41-26-8-9-34-24(15-26)17-37/h6-11,13-15,17,20H,4-5,12,16H2,1-3H3,(H,35,38)(H,39,40). The van der Waals surface area contributed by atoms with Crippen molar-refractivity contribution in [1.29, 1.82) is 0 Å². The van der Waals surface area contributed by atoms with Crippen LogP contribution in [-0.2, 0) is 30.4 Å². The molecule has 1 aliphatic carbocycles. The zero-order valence-corrected chi connectivity index (χ0v) is 22.8. The molecule has 0 saturated carbocycles. The largest absolute Gasteiger partial charge is 0.465 e. The van der Waals surface area contributed by atoms with Gasteiger partial charge in [0.2, 0.25) is 5.91 Å². The van der Waals surface area contributed by atoms with Gasteiger partial charge in [0.05, 0.1) is 5.56 Å². The van der Waals surface area contributed by atoms with Gasteiger partial charge >= 0.3 is 12.3 Å². The molecule has 4 rings (SSSR count). The summed E-state index contributed by atoms with van der Waals surface area (Å²) in [7, 11) is 0. The highest BCUT2D eigenvalue weighted by molar-refractivity contribution is 5.93. The number of carbonyl (C=O) groups excluding carboxylic acids is 2. The van der Waals surface area contributed by atoms with Crippen molar-refractivity contribution in [3.8, 4) is 11.5 Å². The van der Waals surface area contributed by atoms with Crippen molar-refractivity contribution in [3.05, 3.63) is 82.7 Å². The second-order valence-electron chi connectivity index (χ2n) is 11.0. The lowest BCUT2D eigenvalue weighted by Gasteiger charge is -2.33. The van der Waals surface area contributed by atoms with Gasteiger partial charge in [-0.2, -0.15) is 13.2 Å². The Balaban J connectivity index is 1.52. The summed E-state index contributed by atoms with van der Waals surface area (Å²) in [5.74, 6) is 0.0176. The summed E-state index contributed by atoms with van der Waals surface area (Å²) in [4.78, 5) is 40.9. The molecule has 1 atom stereocenters. The SMILES string of the molecule is CC(C)(C)N(Cc1cc(NC(=O)C2CCc3ccc(Oc4ccnc(C=O)c4)cc3C2)cc(C(F)(F)F)c1)C(=O)O. The number of halogens is 3. The molecule has 2 aromatic carbocycles. The van der Waals surface area contributed by atoms with Crippen LogP contribution < -0.4 is 10.1 Å². The lowest BCUT2D eigenvalue weighted by molar-refractivity contribution is -0.137. The number of hydrogen-bond donors (Lipinski definition) is 2. The van der Waals surface area contributed by atoms with Gasteiger partial charge in [0.25, 0.3) is 0 Å². The average Bonchev–Trinajstić information content (AvgIpc) is 2.90. The van der Waals surface area contributed by atoms with E-state index in [0.29, 0.717) is 37.0 Å². The number of alkyl halides is 3. The summed E-state index contributed by atoms with van der Waals surface area (Å²) in [5, 5.41) is 12.2. The average molecular weight is 570 g/mol. The smallest absolute Gasteiger partial charge is 0.416 e. The molecule has 0 fully saturated rings. The highest BCUT2D eigenvalue weighted by Crippen LogP contribution is 2.35. The van der Waals surface area contributed by atoms with Crippen molar-refractivity contribution >= 4 is 24.0 Å². The number of benzene rings is 2. The summed E-state index contributed by atoms with van der Waals surface area (Å²) in [6.45, 7) is 4.66. The van der Waals surface area contributed by atoms with Gasteiger partial charge in [-0.3, -0.25) is 19.5 Å². The van der Waals surface area contributed by atoms with Crippen LogP contribution in [0, 0.1) is 5.92 Å². The first kappa shape index (κ1) is 29.6. The quantitative estimate of drug-likeness (QED) is 0.306. The number of aryl methyl sites for hydroxylation is 1. The van der Waals surface area contributed by atoms with E-state index in [4.69, 9.17) is 4.74 Å². The van der Waals surface area contributed by atoms with Gasteiger partial charge in [-0.15, -0.1) is 0 Å². The molecule has 0 aliphatic heterocycles. The summed E-state index contributed by atoms with van der Waals surface area (Å²) in [6.07, 6.45) is -2.41. The van der Waals surface area contributed by atoms with Crippen molar-refractivity contribution in [2.45, 2.75) is 58.3 Å². The minimum absolute atomic E-state index is 0.0503. The molecule has 0 spiro atoms. The van der Waals surface area contributed by atoms with E-state index >= 15 is 0 Å². The van der Waals surface area contributed by atoms with Crippen LogP contribution >= 0.6 is 0 Å². The van der Waals surface area contributed by atoms with E-state index < -0.39 is 35.2 Å². The maximum Gasteiger partial charge on any atom is 0.416 e. The molecular weight excluding hydrogens is 539 g/mol. The maximum absolute atomic E-state index is 13.7. The summed E-state index contributed by atoms with van der Waals surface area (Å²) in [6, 6.07) is 11.8. The van der Waals surface area contributed by atoms with Crippen molar-refractivity contribution in [1.82, 2.24) is 9.88 Å². The molecule has 41 heavy (non-hydrogen) atoms. The molecule has 216 valence electrons. The number of carboxylic acid groups (broad SMARTS) is 1. The number of amides is 2. The minimum Gasteiger partial charge on any atom is -0.465 e. The number of rotatable bonds is 7. The molecular formula is C30H30F3N3O5. The molecule has 1 heterocycles. The van der Waals surface area contributed by atoms with Crippen LogP contribution in [0.4, 0.5) is 23.7 Å². The third kappa shape index (κ3) is 7.41. The maximum atomic E-state index is 13.7. The van der Waals surface area contributed by atoms with Crippen LogP contribution in [0.15, 0.2) is 54.7 Å². The molecule has 2 N–H and O–H groups in total. The first-order valence-electron chi connectivity index (χ1n) is 13.0. The second kappa shape index (κ2) is 11.6. The number of carbonyl (C=O) groups is 3. The van der Waals surface area contributed by atoms with Crippen LogP contribution in [0.25, 0.3) is 0 Å².